The molecule has 3 rings (SSSR count). The molecule has 1 unspecified atom stereocenters. The van der Waals surface area contributed by atoms with Crippen LogP contribution in [0.3, 0.4) is 0 Å². The van der Waals surface area contributed by atoms with Crippen molar-refractivity contribution >= 4 is 17.7 Å². The minimum Gasteiger partial charge on any atom is -0.501 e. The topological polar surface area (TPSA) is 134 Å². The van der Waals surface area contributed by atoms with Crippen molar-refractivity contribution in [1.82, 2.24) is 25.1 Å². The van der Waals surface area contributed by atoms with Crippen LogP contribution in [0.5, 0.6) is 5.75 Å². The molecular formula is C24H30FN5O5. The van der Waals surface area contributed by atoms with E-state index in [-0.39, 0.29) is 37.3 Å². The lowest BCUT2D eigenvalue weighted by molar-refractivity contribution is -0.146. The van der Waals surface area contributed by atoms with Gasteiger partial charge in [0.2, 0.25) is 5.75 Å². The molecule has 3 amide bonds. The molecule has 35 heavy (non-hydrogen) atoms. The first-order valence-electron chi connectivity index (χ1n) is 11.5. The van der Waals surface area contributed by atoms with Gasteiger partial charge in [0.25, 0.3) is 11.5 Å². The minimum atomic E-state index is -0.737. The molecule has 2 aromatic rings. The van der Waals surface area contributed by atoms with Crippen LogP contribution in [0.2, 0.25) is 0 Å². The van der Waals surface area contributed by atoms with Crippen LogP contribution in [-0.4, -0.2) is 56.9 Å². The fraction of sp³-hybridized carbons (Fsp3) is 0.458. The molecule has 0 saturated heterocycles. The maximum atomic E-state index is 13.0. The van der Waals surface area contributed by atoms with Gasteiger partial charge in [0, 0.05) is 39.1 Å². The van der Waals surface area contributed by atoms with Gasteiger partial charge in [0.15, 0.2) is 5.69 Å². The molecule has 188 valence electrons. The average Bonchev–Trinajstić information content (AvgIpc) is 3.05. The second kappa shape index (κ2) is 11.1. The van der Waals surface area contributed by atoms with E-state index in [9.17, 15) is 28.7 Å². The number of hydrogen-bond donors (Lipinski definition) is 3. The Morgan fingerprint density at radius 1 is 1.20 bits per heavy atom. The van der Waals surface area contributed by atoms with Gasteiger partial charge in [-0.1, -0.05) is 12.1 Å². The summed E-state index contributed by atoms with van der Waals surface area (Å²) in [5.74, 6) is -2.80. The zero-order valence-corrected chi connectivity index (χ0v) is 20.0. The molecule has 1 aliphatic heterocycles. The third kappa shape index (κ3) is 6.23. The number of carbonyl (C=O) groups is 3. The number of carbonyl (C=O) groups excluding carboxylic acids is 3. The second-order valence-corrected chi connectivity index (χ2v) is 8.90. The summed E-state index contributed by atoms with van der Waals surface area (Å²) in [6, 6.07) is 5.46. The first-order valence-corrected chi connectivity index (χ1v) is 11.5. The van der Waals surface area contributed by atoms with Crippen molar-refractivity contribution in [1.29, 1.82) is 0 Å². The van der Waals surface area contributed by atoms with Crippen LogP contribution >= 0.6 is 0 Å². The molecule has 0 radical (unpaired) electrons. The monoisotopic (exact) mass is 487 g/mol. The highest BCUT2D eigenvalue weighted by atomic mass is 19.1. The molecule has 2 heterocycles. The van der Waals surface area contributed by atoms with E-state index in [1.807, 2.05) is 13.8 Å². The van der Waals surface area contributed by atoms with Gasteiger partial charge >= 0.3 is 11.8 Å². The Labute approximate surface area is 202 Å². The zero-order chi connectivity index (χ0) is 25.7. The zero-order valence-electron chi connectivity index (χ0n) is 20.0. The van der Waals surface area contributed by atoms with Crippen LogP contribution in [0, 0.1) is 11.7 Å². The standard InChI is InChI=1S/C24H30FN5O5/c1-14(2)29(3)24(35)22(33)27-13-16-6-9-18-28-19(20(31)23(34)30(18)11-10-16)21(32)26-12-15-4-7-17(25)8-5-15/h4-5,7-8,14,16,31H,6,9-13H2,1-3H3,(H,26,32)(H,27,33). The fourth-order valence-corrected chi connectivity index (χ4v) is 3.74. The predicted molar refractivity (Wildman–Crippen MR) is 125 cm³/mol. The van der Waals surface area contributed by atoms with Gasteiger partial charge in [-0.15, -0.1) is 0 Å². The maximum absolute atomic E-state index is 13.0. The van der Waals surface area contributed by atoms with Crippen LogP contribution in [0.4, 0.5) is 4.39 Å². The number of nitrogens with one attached hydrogen (secondary N) is 2. The molecule has 0 aliphatic carbocycles. The highest BCUT2D eigenvalue weighted by Crippen LogP contribution is 2.20. The number of halogens is 1. The molecule has 0 saturated carbocycles. The van der Waals surface area contributed by atoms with Crippen molar-refractivity contribution in [2.24, 2.45) is 5.92 Å². The lowest BCUT2D eigenvalue weighted by Crippen LogP contribution is -2.45. The summed E-state index contributed by atoms with van der Waals surface area (Å²) in [7, 11) is 1.56. The summed E-state index contributed by atoms with van der Waals surface area (Å²) >= 11 is 0. The van der Waals surface area contributed by atoms with Crippen LogP contribution in [-0.2, 0) is 29.1 Å². The van der Waals surface area contributed by atoms with E-state index >= 15 is 0 Å². The number of aryl methyl sites for hydroxylation is 1. The Hall–Kier alpha value is -3.76. The Bertz CT molecular complexity index is 1160. The molecule has 11 heteroatoms. The number of benzene rings is 1. The number of amides is 3. The van der Waals surface area contributed by atoms with Gasteiger partial charge in [-0.3, -0.25) is 23.7 Å². The Kier molecular flexibility index (Phi) is 8.21. The van der Waals surface area contributed by atoms with E-state index in [0.717, 1.165) is 0 Å². The van der Waals surface area contributed by atoms with Crippen molar-refractivity contribution < 1.29 is 23.9 Å². The quantitative estimate of drug-likeness (QED) is 0.520. The Balaban J connectivity index is 1.64. The van der Waals surface area contributed by atoms with E-state index < -0.39 is 34.8 Å². The van der Waals surface area contributed by atoms with Crippen molar-refractivity contribution in [2.45, 2.75) is 52.2 Å². The third-order valence-electron chi connectivity index (χ3n) is 6.18. The van der Waals surface area contributed by atoms with Gasteiger partial charge in [-0.25, -0.2) is 9.37 Å². The number of likely N-dealkylation sites (N-methyl/N-ethyl adjacent to an activating group) is 1. The number of rotatable bonds is 6. The number of nitrogens with zero attached hydrogens (tertiary/aromatic N) is 3. The van der Waals surface area contributed by atoms with E-state index in [0.29, 0.717) is 30.7 Å². The van der Waals surface area contributed by atoms with E-state index in [2.05, 4.69) is 15.6 Å². The number of aromatic nitrogens is 2. The van der Waals surface area contributed by atoms with Crippen molar-refractivity contribution in [3.63, 3.8) is 0 Å². The van der Waals surface area contributed by atoms with Crippen LogP contribution in [0.1, 0.15) is 48.6 Å². The minimum absolute atomic E-state index is 0.0184. The molecule has 1 aliphatic rings. The fourth-order valence-electron chi connectivity index (χ4n) is 3.74. The Morgan fingerprint density at radius 2 is 1.89 bits per heavy atom. The van der Waals surface area contributed by atoms with E-state index in [1.165, 1.54) is 33.7 Å². The van der Waals surface area contributed by atoms with Crippen molar-refractivity contribution in [3.8, 4) is 5.75 Å². The van der Waals surface area contributed by atoms with Gasteiger partial charge < -0.3 is 20.6 Å². The number of aromatic hydroxyl groups is 1. The molecule has 1 atom stereocenters. The van der Waals surface area contributed by atoms with Crippen molar-refractivity contribution in [3.05, 3.63) is 57.5 Å². The van der Waals surface area contributed by atoms with Gasteiger partial charge in [0.1, 0.15) is 11.6 Å². The summed E-state index contributed by atoms with van der Waals surface area (Å²) < 4.78 is 14.4. The van der Waals surface area contributed by atoms with Crippen LogP contribution in [0.15, 0.2) is 29.1 Å². The summed E-state index contributed by atoms with van der Waals surface area (Å²) in [6.07, 6.45) is 1.45. The normalized spacial score (nSPS) is 15.2. The molecule has 0 fully saturated rings. The number of hydrogen-bond acceptors (Lipinski definition) is 6. The highest BCUT2D eigenvalue weighted by Gasteiger charge is 2.26. The molecule has 10 nitrogen and oxygen atoms in total. The molecule has 1 aromatic carbocycles. The second-order valence-electron chi connectivity index (χ2n) is 8.90. The molecule has 0 bridgehead atoms. The van der Waals surface area contributed by atoms with E-state index in [1.54, 1.807) is 7.05 Å². The summed E-state index contributed by atoms with van der Waals surface area (Å²) in [4.78, 5) is 55.2. The molecule has 1 aromatic heterocycles. The SMILES string of the molecule is CC(C)N(C)C(=O)C(=O)NCC1CCc2nc(C(=O)NCc3ccc(F)cc3)c(O)c(=O)n2CC1. The lowest BCUT2D eigenvalue weighted by atomic mass is 10.0. The smallest absolute Gasteiger partial charge is 0.311 e. The van der Waals surface area contributed by atoms with Crippen LogP contribution in [0.25, 0.3) is 0 Å². The van der Waals surface area contributed by atoms with Gasteiger partial charge in [-0.2, -0.15) is 0 Å². The lowest BCUT2D eigenvalue weighted by Gasteiger charge is -2.21. The first-order chi connectivity index (χ1) is 16.6. The molecular weight excluding hydrogens is 457 g/mol. The van der Waals surface area contributed by atoms with Crippen molar-refractivity contribution in [2.75, 3.05) is 13.6 Å². The van der Waals surface area contributed by atoms with E-state index in [4.69, 9.17) is 0 Å². The summed E-state index contributed by atoms with van der Waals surface area (Å²) in [6.45, 7) is 4.21. The van der Waals surface area contributed by atoms with Crippen LogP contribution < -0.4 is 16.2 Å². The van der Waals surface area contributed by atoms with Gasteiger partial charge in [0.05, 0.1) is 0 Å². The predicted octanol–water partition coefficient (Wildman–Crippen LogP) is 0.954. The molecule has 3 N–H and O–H groups in total. The molecule has 0 spiro atoms. The summed E-state index contributed by atoms with van der Waals surface area (Å²) in [5.41, 5.74) is -0.425. The van der Waals surface area contributed by atoms with Gasteiger partial charge in [-0.05, 0) is 50.3 Å². The first kappa shape index (κ1) is 25.9. The Morgan fingerprint density at radius 3 is 2.54 bits per heavy atom. The third-order valence-corrected chi connectivity index (χ3v) is 6.18. The highest BCUT2D eigenvalue weighted by molar-refractivity contribution is 6.35. The largest absolute Gasteiger partial charge is 0.501 e. The average molecular weight is 488 g/mol. The summed E-state index contributed by atoms with van der Waals surface area (Å²) in [5, 5.41) is 15.6. The number of fused-ring (bicyclic) bond motifs is 1. The maximum Gasteiger partial charge on any atom is 0.311 e.